The molecular weight excluding hydrogens is 270 g/mol. The van der Waals surface area contributed by atoms with Gasteiger partial charge in [0.1, 0.15) is 0 Å². The van der Waals surface area contributed by atoms with Crippen molar-refractivity contribution in [1.29, 1.82) is 0 Å². The van der Waals surface area contributed by atoms with E-state index in [9.17, 15) is 8.78 Å². The fourth-order valence-electron chi connectivity index (χ4n) is 3.27. The molecule has 0 bridgehead atoms. The van der Waals surface area contributed by atoms with Crippen LogP contribution in [-0.2, 0) is 0 Å². The molecule has 1 fully saturated rings. The maximum absolute atomic E-state index is 14.0. The first kappa shape index (κ1) is 16.4. The van der Waals surface area contributed by atoms with Crippen LogP contribution in [-0.4, -0.2) is 31.6 Å². The number of nitrogens with one attached hydrogen (secondary N) is 1. The molecule has 2 rings (SSSR count). The van der Waals surface area contributed by atoms with Gasteiger partial charge in [0.15, 0.2) is 11.6 Å². The second-order valence-electron chi connectivity index (χ2n) is 6.07. The minimum Gasteiger partial charge on any atom is -0.312 e. The van der Waals surface area contributed by atoms with E-state index in [1.54, 1.807) is 19.2 Å². The quantitative estimate of drug-likeness (QED) is 0.830. The van der Waals surface area contributed by atoms with Crippen LogP contribution in [0.25, 0.3) is 0 Å². The molecular formula is C17H26F2N2. The summed E-state index contributed by atoms with van der Waals surface area (Å²) in [5.41, 5.74) is 0.415. The third-order valence-electron chi connectivity index (χ3n) is 4.62. The van der Waals surface area contributed by atoms with Crippen LogP contribution in [0, 0.1) is 11.6 Å². The summed E-state index contributed by atoms with van der Waals surface area (Å²) in [4.78, 5) is 2.30. The Hall–Kier alpha value is -1.00. The molecule has 21 heavy (non-hydrogen) atoms. The molecule has 118 valence electrons. The van der Waals surface area contributed by atoms with Gasteiger partial charge in [0, 0.05) is 24.2 Å². The summed E-state index contributed by atoms with van der Waals surface area (Å²) in [6.45, 7) is 0.696. The van der Waals surface area contributed by atoms with Gasteiger partial charge in [-0.05, 0) is 33.0 Å². The molecule has 1 aliphatic carbocycles. The molecule has 1 aliphatic rings. The minimum atomic E-state index is -0.773. The van der Waals surface area contributed by atoms with Crippen LogP contribution in [0.4, 0.5) is 8.78 Å². The fraction of sp³-hybridized carbons (Fsp3) is 0.647. The molecule has 0 heterocycles. The van der Waals surface area contributed by atoms with Crippen molar-refractivity contribution in [1.82, 2.24) is 10.2 Å². The highest BCUT2D eigenvalue weighted by Crippen LogP contribution is 2.24. The molecule has 1 saturated carbocycles. The third-order valence-corrected chi connectivity index (χ3v) is 4.62. The zero-order chi connectivity index (χ0) is 15.2. The predicted molar refractivity (Wildman–Crippen MR) is 82.3 cm³/mol. The van der Waals surface area contributed by atoms with Crippen LogP contribution < -0.4 is 5.32 Å². The van der Waals surface area contributed by atoms with E-state index < -0.39 is 11.6 Å². The summed E-state index contributed by atoms with van der Waals surface area (Å²) in [6, 6.07) is 4.78. The van der Waals surface area contributed by atoms with E-state index >= 15 is 0 Å². The van der Waals surface area contributed by atoms with Gasteiger partial charge >= 0.3 is 0 Å². The van der Waals surface area contributed by atoms with E-state index in [-0.39, 0.29) is 6.04 Å². The Morgan fingerprint density at radius 3 is 2.48 bits per heavy atom. The monoisotopic (exact) mass is 296 g/mol. The number of hydrogen-bond donors (Lipinski definition) is 1. The maximum atomic E-state index is 14.0. The number of rotatable bonds is 5. The van der Waals surface area contributed by atoms with Gasteiger partial charge in [0.05, 0.1) is 0 Å². The largest absolute Gasteiger partial charge is 0.312 e. The highest BCUT2D eigenvalue weighted by Gasteiger charge is 2.22. The topological polar surface area (TPSA) is 15.3 Å². The zero-order valence-electron chi connectivity index (χ0n) is 13.0. The maximum Gasteiger partial charge on any atom is 0.163 e. The van der Waals surface area contributed by atoms with Crippen LogP contribution in [0.2, 0.25) is 0 Å². The van der Waals surface area contributed by atoms with Gasteiger partial charge in [-0.2, -0.15) is 0 Å². The normalized spacial score (nSPS) is 18.7. The van der Waals surface area contributed by atoms with E-state index in [1.807, 2.05) is 0 Å². The standard InChI is InChI=1S/C17H26F2N2/c1-20-16(14-10-7-11-15(18)17(14)19)12-21(2)13-8-5-3-4-6-9-13/h7,10-11,13,16,20H,3-6,8-9,12H2,1-2H3. The van der Waals surface area contributed by atoms with E-state index in [1.165, 1.54) is 44.6 Å². The molecule has 0 aliphatic heterocycles. The Labute approximate surface area is 126 Å². The van der Waals surface area contributed by atoms with Gasteiger partial charge in [-0.3, -0.25) is 0 Å². The third kappa shape index (κ3) is 4.24. The summed E-state index contributed by atoms with van der Waals surface area (Å²) in [7, 11) is 3.90. The smallest absolute Gasteiger partial charge is 0.163 e. The zero-order valence-corrected chi connectivity index (χ0v) is 13.0. The molecule has 0 spiro atoms. The first-order valence-corrected chi connectivity index (χ1v) is 7.95. The lowest BCUT2D eigenvalue weighted by Crippen LogP contribution is -2.38. The Morgan fingerprint density at radius 1 is 1.19 bits per heavy atom. The van der Waals surface area contributed by atoms with Crippen molar-refractivity contribution >= 4 is 0 Å². The average molecular weight is 296 g/mol. The van der Waals surface area contributed by atoms with Gasteiger partial charge in [-0.25, -0.2) is 8.78 Å². The highest BCUT2D eigenvalue weighted by molar-refractivity contribution is 5.23. The molecule has 1 N–H and O–H groups in total. The van der Waals surface area contributed by atoms with E-state index in [0.29, 0.717) is 18.2 Å². The number of halogens is 2. The summed E-state index contributed by atoms with van der Waals surface area (Å²) in [5.74, 6) is -1.50. The lowest BCUT2D eigenvalue weighted by molar-refractivity contribution is 0.200. The van der Waals surface area contributed by atoms with Gasteiger partial charge < -0.3 is 10.2 Å². The van der Waals surface area contributed by atoms with E-state index in [2.05, 4.69) is 17.3 Å². The van der Waals surface area contributed by atoms with Gasteiger partial charge in [0.25, 0.3) is 0 Å². The van der Waals surface area contributed by atoms with Crippen molar-refractivity contribution < 1.29 is 8.78 Å². The Bertz CT molecular complexity index is 442. The Kier molecular flexibility index (Phi) is 6.12. The van der Waals surface area contributed by atoms with Crippen molar-refractivity contribution in [3.63, 3.8) is 0 Å². The van der Waals surface area contributed by atoms with Gasteiger partial charge in [0.2, 0.25) is 0 Å². The summed E-state index contributed by atoms with van der Waals surface area (Å²) < 4.78 is 27.4. The van der Waals surface area contributed by atoms with Crippen LogP contribution >= 0.6 is 0 Å². The second kappa shape index (κ2) is 7.85. The van der Waals surface area contributed by atoms with Crippen molar-refractivity contribution in [3.05, 3.63) is 35.4 Å². The number of likely N-dealkylation sites (N-methyl/N-ethyl adjacent to an activating group) is 2. The van der Waals surface area contributed by atoms with E-state index in [0.717, 1.165) is 0 Å². The van der Waals surface area contributed by atoms with Crippen LogP contribution in [0.5, 0.6) is 0 Å². The van der Waals surface area contributed by atoms with Crippen molar-refractivity contribution in [2.24, 2.45) is 0 Å². The van der Waals surface area contributed by atoms with Gasteiger partial charge in [-0.15, -0.1) is 0 Å². The first-order valence-electron chi connectivity index (χ1n) is 7.95. The lowest BCUT2D eigenvalue weighted by Gasteiger charge is -2.31. The molecule has 0 radical (unpaired) electrons. The second-order valence-corrected chi connectivity index (χ2v) is 6.07. The molecule has 2 nitrogen and oxygen atoms in total. The number of hydrogen-bond acceptors (Lipinski definition) is 2. The van der Waals surface area contributed by atoms with E-state index in [4.69, 9.17) is 0 Å². The molecule has 0 saturated heterocycles. The molecule has 0 aromatic heterocycles. The van der Waals surface area contributed by atoms with Crippen LogP contribution in [0.3, 0.4) is 0 Å². The minimum absolute atomic E-state index is 0.186. The van der Waals surface area contributed by atoms with Crippen LogP contribution in [0.15, 0.2) is 18.2 Å². The molecule has 4 heteroatoms. The molecule has 1 aromatic carbocycles. The van der Waals surface area contributed by atoms with Crippen molar-refractivity contribution in [2.45, 2.75) is 50.6 Å². The fourth-order valence-corrected chi connectivity index (χ4v) is 3.27. The average Bonchev–Trinajstić information content (AvgIpc) is 2.77. The summed E-state index contributed by atoms with van der Waals surface area (Å²) >= 11 is 0. The SMILES string of the molecule is CNC(CN(C)C1CCCCCC1)c1cccc(F)c1F. The molecule has 1 atom stereocenters. The summed E-state index contributed by atoms with van der Waals surface area (Å²) in [5, 5.41) is 3.12. The lowest BCUT2D eigenvalue weighted by atomic mass is 10.0. The molecule has 1 aromatic rings. The highest BCUT2D eigenvalue weighted by atomic mass is 19.2. The van der Waals surface area contributed by atoms with Crippen LogP contribution in [0.1, 0.15) is 50.1 Å². The number of benzene rings is 1. The van der Waals surface area contributed by atoms with Crippen molar-refractivity contribution in [3.8, 4) is 0 Å². The number of nitrogens with zero attached hydrogens (tertiary/aromatic N) is 1. The molecule has 0 amide bonds. The van der Waals surface area contributed by atoms with Gasteiger partial charge in [-0.1, -0.05) is 37.8 Å². The Balaban J connectivity index is 2.05. The summed E-state index contributed by atoms with van der Waals surface area (Å²) in [6.07, 6.45) is 7.59. The predicted octanol–water partition coefficient (Wildman–Crippen LogP) is 3.88. The Morgan fingerprint density at radius 2 is 1.86 bits per heavy atom. The van der Waals surface area contributed by atoms with Crippen molar-refractivity contribution in [2.75, 3.05) is 20.6 Å². The first-order chi connectivity index (χ1) is 10.1. The molecule has 1 unspecified atom stereocenters.